The minimum Gasteiger partial charge on any atom is -0.493 e. The number of nitrogens with zero attached hydrogens (tertiary/aromatic N) is 2. The zero-order valence-electron chi connectivity index (χ0n) is 15.6. The molecule has 3 rings (SSSR count). The fraction of sp³-hybridized carbons (Fsp3) is 0.350. The van der Waals surface area contributed by atoms with Crippen molar-refractivity contribution in [3.05, 3.63) is 51.5 Å². The van der Waals surface area contributed by atoms with Crippen LogP contribution in [0.4, 0.5) is 5.69 Å². The van der Waals surface area contributed by atoms with Gasteiger partial charge in [-0.15, -0.1) is 0 Å². The minimum atomic E-state index is -0.0691. The van der Waals surface area contributed by atoms with Crippen LogP contribution in [0.1, 0.15) is 15.9 Å². The monoisotopic (exact) mass is 408 g/mol. The molecule has 2 aromatic rings. The highest BCUT2D eigenvalue weighted by molar-refractivity contribution is 6.32. The Morgan fingerprint density at radius 1 is 1.00 bits per heavy atom. The molecule has 27 heavy (non-hydrogen) atoms. The molecule has 1 saturated heterocycles. The van der Waals surface area contributed by atoms with Gasteiger partial charge >= 0.3 is 0 Å². The van der Waals surface area contributed by atoms with Crippen molar-refractivity contribution in [2.24, 2.45) is 0 Å². The number of hydrogen-bond donors (Lipinski definition) is 0. The van der Waals surface area contributed by atoms with Crippen molar-refractivity contribution in [2.45, 2.75) is 6.92 Å². The Hall–Kier alpha value is -2.11. The maximum atomic E-state index is 12.9. The third-order valence-electron chi connectivity index (χ3n) is 4.76. The topological polar surface area (TPSA) is 42.0 Å². The fourth-order valence-electron chi connectivity index (χ4n) is 3.30. The Morgan fingerprint density at radius 2 is 1.70 bits per heavy atom. The molecule has 1 aliphatic heterocycles. The molecule has 144 valence electrons. The maximum absolute atomic E-state index is 12.9. The largest absolute Gasteiger partial charge is 0.493 e. The Morgan fingerprint density at radius 3 is 2.33 bits per heavy atom. The van der Waals surface area contributed by atoms with Gasteiger partial charge in [-0.25, -0.2) is 0 Å². The van der Waals surface area contributed by atoms with Gasteiger partial charge in [0, 0.05) is 42.5 Å². The first-order valence-corrected chi connectivity index (χ1v) is 9.42. The summed E-state index contributed by atoms with van der Waals surface area (Å²) >= 11 is 12.4. The number of amides is 1. The van der Waals surface area contributed by atoms with Crippen molar-refractivity contribution >= 4 is 34.8 Å². The molecular formula is C20H22Cl2N2O3. The maximum Gasteiger partial charge on any atom is 0.254 e. The lowest BCUT2D eigenvalue weighted by Gasteiger charge is -2.37. The van der Waals surface area contributed by atoms with Crippen molar-refractivity contribution in [3.63, 3.8) is 0 Å². The van der Waals surface area contributed by atoms with Gasteiger partial charge in [-0.05, 0) is 36.8 Å². The van der Waals surface area contributed by atoms with Crippen molar-refractivity contribution in [3.8, 4) is 11.5 Å². The van der Waals surface area contributed by atoms with Crippen LogP contribution < -0.4 is 14.4 Å². The summed E-state index contributed by atoms with van der Waals surface area (Å²) in [5, 5.41) is 1.07. The van der Waals surface area contributed by atoms with Crippen molar-refractivity contribution < 1.29 is 14.3 Å². The zero-order valence-corrected chi connectivity index (χ0v) is 17.1. The molecule has 0 aromatic heterocycles. The fourth-order valence-corrected chi connectivity index (χ4v) is 3.75. The van der Waals surface area contributed by atoms with Gasteiger partial charge in [0.05, 0.1) is 19.2 Å². The first kappa shape index (κ1) is 19.6. The summed E-state index contributed by atoms with van der Waals surface area (Å²) in [6, 6.07) is 9.17. The smallest absolute Gasteiger partial charge is 0.254 e. The summed E-state index contributed by atoms with van der Waals surface area (Å²) in [5.74, 6) is 0.804. The highest BCUT2D eigenvalue weighted by Gasteiger charge is 2.25. The van der Waals surface area contributed by atoms with E-state index in [0.717, 1.165) is 18.8 Å². The van der Waals surface area contributed by atoms with E-state index in [4.69, 9.17) is 32.7 Å². The van der Waals surface area contributed by atoms with E-state index in [1.807, 2.05) is 23.1 Å². The van der Waals surface area contributed by atoms with E-state index in [1.165, 1.54) is 19.8 Å². The number of carbonyl (C=O) groups excluding carboxylic acids is 1. The number of hydrogen-bond acceptors (Lipinski definition) is 4. The SMILES string of the molecule is COc1cc(C(=O)N2CCN(c3cc(Cl)ccc3C)CC2)cc(Cl)c1OC. The first-order valence-electron chi connectivity index (χ1n) is 8.66. The van der Waals surface area contributed by atoms with Gasteiger partial charge in [0.25, 0.3) is 5.91 Å². The molecule has 5 nitrogen and oxygen atoms in total. The molecule has 1 fully saturated rings. The first-order chi connectivity index (χ1) is 12.9. The molecule has 0 spiro atoms. The average Bonchev–Trinajstić information content (AvgIpc) is 2.68. The Bertz CT molecular complexity index is 849. The number of piperazine rings is 1. The van der Waals surface area contributed by atoms with Crippen LogP contribution in [0.15, 0.2) is 30.3 Å². The molecule has 0 radical (unpaired) electrons. The predicted octanol–water partition coefficient (Wildman–Crippen LogP) is 4.28. The van der Waals surface area contributed by atoms with Gasteiger partial charge in [-0.1, -0.05) is 29.3 Å². The van der Waals surface area contributed by atoms with Crippen molar-refractivity contribution in [1.82, 2.24) is 4.90 Å². The summed E-state index contributed by atoms with van der Waals surface area (Å²) in [4.78, 5) is 17.0. The highest BCUT2D eigenvalue weighted by atomic mass is 35.5. The van der Waals surface area contributed by atoms with Gasteiger partial charge in [0.15, 0.2) is 11.5 Å². The van der Waals surface area contributed by atoms with Crippen LogP contribution in [-0.2, 0) is 0 Å². The standard InChI is InChI=1S/C20H22Cl2N2O3/c1-13-4-5-15(21)12-17(13)23-6-8-24(9-7-23)20(25)14-10-16(22)19(27-3)18(11-14)26-2/h4-5,10-12H,6-9H2,1-3H3. The van der Waals surface area contributed by atoms with Crippen LogP contribution >= 0.6 is 23.2 Å². The lowest BCUT2D eigenvalue weighted by molar-refractivity contribution is 0.0746. The minimum absolute atomic E-state index is 0.0691. The second-order valence-electron chi connectivity index (χ2n) is 6.40. The third kappa shape index (κ3) is 4.09. The summed E-state index contributed by atoms with van der Waals surface area (Å²) < 4.78 is 10.5. The van der Waals surface area contributed by atoms with Crippen LogP contribution in [-0.4, -0.2) is 51.2 Å². The molecule has 0 bridgehead atoms. The van der Waals surface area contributed by atoms with E-state index in [2.05, 4.69) is 11.8 Å². The number of ether oxygens (including phenoxy) is 2. The number of benzene rings is 2. The third-order valence-corrected chi connectivity index (χ3v) is 5.28. The molecular weight excluding hydrogens is 387 g/mol. The predicted molar refractivity (Wildman–Crippen MR) is 109 cm³/mol. The van der Waals surface area contributed by atoms with E-state index in [9.17, 15) is 4.79 Å². The molecule has 0 unspecified atom stereocenters. The summed E-state index contributed by atoms with van der Waals surface area (Å²) in [6.45, 7) is 4.80. The molecule has 0 N–H and O–H groups in total. The molecule has 1 aliphatic rings. The number of methoxy groups -OCH3 is 2. The summed E-state index contributed by atoms with van der Waals surface area (Å²) in [6.07, 6.45) is 0. The molecule has 7 heteroatoms. The van der Waals surface area contributed by atoms with E-state index in [-0.39, 0.29) is 5.91 Å². The molecule has 1 amide bonds. The zero-order chi connectivity index (χ0) is 19.6. The molecule has 0 saturated carbocycles. The van der Waals surface area contributed by atoms with Crippen LogP contribution in [0.25, 0.3) is 0 Å². The summed E-state index contributed by atoms with van der Waals surface area (Å²) in [5.41, 5.74) is 2.78. The van der Waals surface area contributed by atoms with Gasteiger partial charge in [0.2, 0.25) is 0 Å². The molecule has 1 heterocycles. The van der Waals surface area contributed by atoms with Crippen molar-refractivity contribution in [1.29, 1.82) is 0 Å². The number of aryl methyl sites for hydroxylation is 1. The lowest BCUT2D eigenvalue weighted by atomic mass is 10.1. The van der Waals surface area contributed by atoms with Gasteiger partial charge in [-0.2, -0.15) is 0 Å². The number of rotatable bonds is 4. The molecule has 0 atom stereocenters. The van der Waals surface area contributed by atoms with E-state index < -0.39 is 0 Å². The second-order valence-corrected chi connectivity index (χ2v) is 7.25. The Labute approximate surface area is 169 Å². The van der Waals surface area contributed by atoms with Crippen LogP contribution in [0, 0.1) is 6.92 Å². The van der Waals surface area contributed by atoms with Crippen molar-refractivity contribution in [2.75, 3.05) is 45.3 Å². The number of carbonyl (C=O) groups is 1. The second kappa shape index (κ2) is 8.28. The average molecular weight is 409 g/mol. The number of halogens is 2. The van der Waals surface area contributed by atoms with E-state index in [1.54, 1.807) is 12.1 Å². The van der Waals surface area contributed by atoms with Crippen LogP contribution in [0.5, 0.6) is 11.5 Å². The van der Waals surface area contributed by atoms with Gasteiger partial charge in [-0.3, -0.25) is 4.79 Å². The van der Waals surface area contributed by atoms with Gasteiger partial charge in [0.1, 0.15) is 0 Å². The highest BCUT2D eigenvalue weighted by Crippen LogP contribution is 2.36. The van der Waals surface area contributed by atoms with Gasteiger partial charge < -0.3 is 19.3 Å². The van der Waals surface area contributed by atoms with E-state index >= 15 is 0 Å². The van der Waals surface area contributed by atoms with Crippen LogP contribution in [0.2, 0.25) is 10.0 Å². The van der Waals surface area contributed by atoms with E-state index in [0.29, 0.717) is 40.2 Å². The Balaban J connectivity index is 1.74. The molecule has 0 aliphatic carbocycles. The lowest BCUT2D eigenvalue weighted by Crippen LogP contribution is -2.49. The normalized spacial score (nSPS) is 14.3. The van der Waals surface area contributed by atoms with Crippen LogP contribution in [0.3, 0.4) is 0 Å². The summed E-state index contributed by atoms with van der Waals surface area (Å²) in [7, 11) is 3.04. The number of anilines is 1. The molecule has 2 aromatic carbocycles. The quantitative estimate of drug-likeness (QED) is 0.756. The Kier molecular flexibility index (Phi) is 6.02.